The van der Waals surface area contributed by atoms with Crippen LogP contribution < -0.4 is 0 Å². The second-order valence-corrected chi connectivity index (χ2v) is 3.96. The SMILES string of the molecule is Cn1nncc1C(=O)Cc1cccc(Cl)c1F. The molecule has 2 aromatic rings. The third-order valence-corrected chi connectivity index (χ3v) is 2.67. The van der Waals surface area contributed by atoms with Crippen molar-refractivity contribution < 1.29 is 9.18 Å². The number of carbonyl (C=O) groups is 1. The van der Waals surface area contributed by atoms with Crippen molar-refractivity contribution in [3.05, 3.63) is 46.5 Å². The van der Waals surface area contributed by atoms with Crippen molar-refractivity contribution in [1.82, 2.24) is 15.0 Å². The lowest BCUT2D eigenvalue weighted by Gasteiger charge is -2.03. The number of aryl methyl sites for hydroxylation is 1. The number of ketones is 1. The van der Waals surface area contributed by atoms with Crippen LogP contribution in [-0.4, -0.2) is 20.8 Å². The highest BCUT2D eigenvalue weighted by molar-refractivity contribution is 6.30. The van der Waals surface area contributed by atoms with E-state index in [9.17, 15) is 9.18 Å². The summed E-state index contributed by atoms with van der Waals surface area (Å²) in [6.45, 7) is 0. The molecule has 0 saturated heterocycles. The minimum absolute atomic E-state index is 0.0124. The van der Waals surface area contributed by atoms with Gasteiger partial charge in [0.05, 0.1) is 11.2 Å². The standard InChI is InChI=1S/C11H9ClFN3O/c1-16-9(6-14-15-16)10(17)5-7-3-2-4-8(12)11(7)13/h2-4,6H,5H2,1H3. The molecule has 0 amide bonds. The Kier molecular flexibility index (Phi) is 3.19. The van der Waals surface area contributed by atoms with E-state index in [1.165, 1.54) is 23.0 Å². The predicted molar refractivity (Wildman–Crippen MR) is 60.4 cm³/mol. The Morgan fingerprint density at radius 1 is 1.53 bits per heavy atom. The first-order chi connectivity index (χ1) is 8.09. The summed E-state index contributed by atoms with van der Waals surface area (Å²) in [5.74, 6) is -0.809. The summed E-state index contributed by atoms with van der Waals surface area (Å²) >= 11 is 5.64. The van der Waals surface area contributed by atoms with Gasteiger partial charge in [0.25, 0.3) is 0 Å². The minimum Gasteiger partial charge on any atom is -0.292 e. The van der Waals surface area contributed by atoms with Crippen LogP contribution in [0.15, 0.2) is 24.4 Å². The number of nitrogens with zero attached hydrogens (tertiary/aromatic N) is 3. The van der Waals surface area contributed by atoms with Gasteiger partial charge in [-0.3, -0.25) is 4.79 Å². The van der Waals surface area contributed by atoms with Crippen molar-refractivity contribution in [2.24, 2.45) is 7.05 Å². The molecule has 88 valence electrons. The lowest BCUT2D eigenvalue weighted by molar-refractivity contribution is 0.0983. The molecule has 0 bridgehead atoms. The number of carbonyl (C=O) groups excluding carboxylic acids is 1. The molecule has 0 atom stereocenters. The van der Waals surface area contributed by atoms with Gasteiger partial charge in [-0.25, -0.2) is 9.07 Å². The topological polar surface area (TPSA) is 47.8 Å². The van der Waals surface area contributed by atoms with Crippen molar-refractivity contribution in [3.8, 4) is 0 Å². The number of hydrogen-bond donors (Lipinski definition) is 0. The Labute approximate surface area is 102 Å². The van der Waals surface area contributed by atoms with Gasteiger partial charge in [-0.15, -0.1) is 5.10 Å². The predicted octanol–water partition coefficient (Wildman–Crippen LogP) is 2.03. The second kappa shape index (κ2) is 4.63. The van der Waals surface area contributed by atoms with E-state index in [0.29, 0.717) is 5.69 Å². The van der Waals surface area contributed by atoms with Gasteiger partial charge in [-0.05, 0) is 11.6 Å². The third-order valence-electron chi connectivity index (χ3n) is 2.38. The van der Waals surface area contributed by atoms with E-state index in [2.05, 4.69) is 10.3 Å². The van der Waals surface area contributed by atoms with Crippen molar-refractivity contribution in [2.75, 3.05) is 0 Å². The lowest BCUT2D eigenvalue weighted by atomic mass is 10.1. The minimum atomic E-state index is -0.558. The maximum absolute atomic E-state index is 13.6. The fraction of sp³-hybridized carbons (Fsp3) is 0.182. The molecule has 6 heteroatoms. The van der Waals surface area contributed by atoms with Gasteiger partial charge in [-0.2, -0.15) is 0 Å². The summed E-state index contributed by atoms with van der Waals surface area (Å²) in [6, 6.07) is 4.58. The van der Waals surface area contributed by atoms with Gasteiger partial charge in [0.2, 0.25) is 0 Å². The number of aromatic nitrogens is 3. The van der Waals surface area contributed by atoms with Gasteiger partial charge in [0.1, 0.15) is 11.5 Å². The van der Waals surface area contributed by atoms with Crippen LogP contribution in [0.2, 0.25) is 5.02 Å². The summed E-state index contributed by atoms with van der Waals surface area (Å²) in [6.07, 6.45) is 1.29. The first-order valence-corrected chi connectivity index (χ1v) is 5.28. The molecule has 2 rings (SSSR count). The van der Waals surface area contributed by atoms with Crippen LogP contribution in [0.25, 0.3) is 0 Å². The molecule has 0 spiro atoms. The summed E-state index contributed by atoms with van der Waals surface area (Å²) in [7, 11) is 1.61. The maximum Gasteiger partial charge on any atom is 0.186 e. The van der Waals surface area contributed by atoms with E-state index in [4.69, 9.17) is 11.6 Å². The van der Waals surface area contributed by atoms with Crippen LogP contribution >= 0.6 is 11.6 Å². The number of halogens is 2. The molecule has 0 aliphatic rings. The van der Waals surface area contributed by atoms with Gasteiger partial charge in [0.15, 0.2) is 5.78 Å². The number of benzene rings is 1. The van der Waals surface area contributed by atoms with E-state index >= 15 is 0 Å². The average molecular weight is 254 g/mol. The summed E-state index contributed by atoms with van der Waals surface area (Å²) < 4.78 is 14.9. The zero-order chi connectivity index (χ0) is 12.4. The molecule has 4 nitrogen and oxygen atoms in total. The van der Waals surface area contributed by atoms with Crippen LogP contribution in [0, 0.1) is 5.82 Å². The largest absolute Gasteiger partial charge is 0.292 e. The highest BCUT2D eigenvalue weighted by Gasteiger charge is 2.15. The van der Waals surface area contributed by atoms with E-state index in [1.807, 2.05) is 0 Å². The first-order valence-electron chi connectivity index (χ1n) is 4.90. The van der Waals surface area contributed by atoms with Crippen molar-refractivity contribution in [1.29, 1.82) is 0 Å². The second-order valence-electron chi connectivity index (χ2n) is 3.56. The Bertz CT molecular complexity index is 568. The van der Waals surface area contributed by atoms with Crippen LogP contribution in [0.1, 0.15) is 16.1 Å². The maximum atomic E-state index is 13.6. The Morgan fingerprint density at radius 2 is 2.29 bits per heavy atom. The normalized spacial score (nSPS) is 10.5. The molecule has 1 heterocycles. The smallest absolute Gasteiger partial charge is 0.186 e. The molecule has 1 aromatic carbocycles. The average Bonchev–Trinajstić information content (AvgIpc) is 2.71. The van der Waals surface area contributed by atoms with Gasteiger partial charge >= 0.3 is 0 Å². The van der Waals surface area contributed by atoms with Crippen LogP contribution in [0.3, 0.4) is 0 Å². The molecule has 0 radical (unpaired) electrons. The highest BCUT2D eigenvalue weighted by Crippen LogP contribution is 2.19. The summed E-state index contributed by atoms with van der Waals surface area (Å²) in [5, 5.41) is 7.25. The fourth-order valence-electron chi connectivity index (χ4n) is 1.49. The zero-order valence-electron chi connectivity index (χ0n) is 9.02. The fourth-order valence-corrected chi connectivity index (χ4v) is 1.68. The monoisotopic (exact) mass is 253 g/mol. The lowest BCUT2D eigenvalue weighted by Crippen LogP contribution is -2.10. The molecule has 0 N–H and O–H groups in total. The van der Waals surface area contributed by atoms with Gasteiger partial charge in [0, 0.05) is 13.5 Å². The molecular weight excluding hydrogens is 245 g/mol. The number of hydrogen-bond acceptors (Lipinski definition) is 3. The van der Waals surface area contributed by atoms with Crippen molar-refractivity contribution >= 4 is 17.4 Å². The molecule has 0 aliphatic carbocycles. The van der Waals surface area contributed by atoms with Crippen LogP contribution in [-0.2, 0) is 13.5 Å². The molecule has 0 fully saturated rings. The highest BCUT2D eigenvalue weighted by atomic mass is 35.5. The van der Waals surface area contributed by atoms with Crippen LogP contribution in [0.4, 0.5) is 4.39 Å². The molecule has 0 aliphatic heterocycles. The molecule has 0 saturated carbocycles. The third kappa shape index (κ3) is 2.34. The van der Waals surface area contributed by atoms with E-state index in [-0.39, 0.29) is 22.8 Å². The van der Waals surface area contributed by atoms with E-state index in [0.717, 1.165) is 0 Å². The van der Waals surface area contributed by atoms with Gasteiger partial charge in [-0.1, -0.05) is 28.9 Å². The molecule has 1 aromatic heterocycles. The quantitative estimate of drug-likeness (QED) is 0.787. The van der Waals surface area contributed by atoms with Crippen molar-refractivity contribution in [3.63, 3.8) is 0 Å². The van der Waals surface area contributed by atoms with Crippen LogP contribution in [0.5, 0.6) is 0 Å². The number of rotatable bonds is 3. The Hall–Kier alpha value is -1.75. The van der Waals surface area contributed by atoms with Crippen molar-refractivity contribution in [2.45, 2.75) is 6.42 Å². The zero-order valence-corrected chi connectivity index (χ0v) is 9.78. The molecular formula is C11H9ClFN3O. The summed E-state index contributed by atoms with van der Waals surface area (Å²) in [5.41, 5.74) is 0.605. The Morgan fingerprint density at radius 3 is 2.94 bits per heavy atom. The van der Waals surface area contributed by atoms with E-state index in [1.54, 1.807) is 13.1 Å². The van der Waals surface area contributed by atoms with Gasteiger partial charge < -0.3 is 0 Å². The first kappa shape index (κ1) is 11.7. The van der Waals surface area contributed by atoms with E-state index < -0.39 is 5.82 Å². The molecule has 17 heavy (non-hydrogen) atoms. The molecule has 0 unspecified atom stereocenters. The summed E-state index contributed by atoms with van der Waals surface area (Å²) in [4.78, 5) is 11.8. The number of Topliss-reactive ketones (excluding diaryl/α,β-unsaturated/α-hetero) is 1. The Balaban J connectivity index is 2.25.